The average molecular weight is 330 g/mol. The zero-order chi connectivity index (χ0) is 16.7. The Hall–Kier alpha value is -1.98. The minimum atomic E-state index is -0.571. The quantitative estimate of drug-likeness (QED) is 0.606. The van der Waals surface area contributed by atoms with E-state index in [0.717, 1.165) is 11.3 Å². The summed E-state index contributed by atoms with van der Waals surface area (Å²) >= 11 is 1.69. The minimum absolute atomic E-state index is 0.155. The first kappa shape index (κ1) is 17.4. The number of benzene rings is 1. The number of thioether (sulfide) groups is 1. The molecule has 1 heterocycles. The first-order valence-electron chi connectivity index (χ1n) is 7.49. The van der Waals surface area contributed by atoms with E-state index in [1.54, 1.807) is 17.8 Å². The maximum absolute atomic E-state index is 11.8. The first-order chi connectivity index (χ1) is 11.1. The molecule has 0 saturated carbocycles. The highest BCUT2D eigenvalue weighted by Crippen LogP contribution is 2.16. The van der Waals surface area contributed by atoms with E-state index in [0.29, 0.717) is 13.0 Å². The molecule has 0 radical (unpaired) electrons. The van der Waals surface area contributed by atoms with Crippen molar-refractivity contribution in [3.05, 3.63) is 59.9 Å². The first-order valence-corrected chi connectivity index (χ1v) is 8.72. The van der Waals surface area contributed by atoms with Crippen LogP contribution in [0.25, 0.3) is 6.08 Å². The number of carbonyl (C=O) groups is 1. The molecule has 122 valence electrons. The highest BCUT2D eigenvalue weighted by molar-refractivity contribution is 7.98. The van der Waals surface area contributed by atoms with Gasteiger partial charge in [-0.25, -0.2) is 0 Å². The lowest BCUT2D eigenvalue weighted by molar-refractivity contribution is -0.116. The number of aliphatic hydroxyl groups is 1. The van der Waals surface area contributed by atoms with E-state index in [-0.39, 0.29) is 5.91 Å². The van der Waals surface area contributed by atoms with Crippen molar-refractivity contribution in [1.82, 2.24) is 9.88 Å². The lowest BCUT2D eigenvalue weighted by Crippen LogP contribution is -2.23. The van der Waals surface area contributed by atoms with Gasteiger partial charge in [-0.3, -0.25) is 4.79 Å². The van der Waals surface area contributed by atoms with Crippen LogP contribution in [-0.4, -0.2) is 28.4 Å². The number of aryl methyl sites for hydroxylation is 1. The fourth-order valence-corrected chi connectivity index (χ4v) is 2.65. The van der Waals surface area contributed by atoms with Gasteiger partial charge in [-0.05, 0) is 48.6 Å². The molecule has 2 N–H and O–H groups in total. The van der Waals surface area contributed by atoms with Crippen molar-refractivity contribution in [2.45, 2.75) is 17.4 Å². The molecule has 2 aromatic rings. The highest BCUT2D eigenvalue weighted by atomic mass is 32.2. The van der Waals surface area contributed by atoms with Gasteiger partial charge < -0.3 is 15.0 Å². The molecule has 0 aliphatic carbocycles. The largest absolute Gasteiger partial charge is 0.387 e. The van der Waals surface area contributed by atoms with Gasteiger partial charge in [0.15, 0.2) is 0 Å². The van der Waals surface area contributed by atoms with E-state index >= 15 is 0 Å². The lowest BCUT2D eigenvalue weighted by atomic mass is 10.2. The predicted octanol–water partition coefficient (Wildman–Crippen LogP) is 3.00. The van der Waals surface area contributed by atoms with Crippen molar-refractivity contribution in [3.8, 4) is 0 Å². The molecule has 0 fully saturated rings. The third kappa shape index (κ3) is 5.30. The fourth-order valence-electron chi connectivity index (χ4n) is 2.25. The minimum Gasteiger partial charge on any atom is -0.387 e. The molecule has 5 heteroatoms. The van der Waals surface area contributed by atoms with E-state index in [1.807, 2.05) is 60.5 Å². The summed E-state index contributed by atoms with van der Waals surface area (Å²) in [5.41, 5.74) is 1.84. The smallest absolute Gasteiger partial charge is 0.244 e. The van der Waals surface area contributed by atoms with E-state index in [9.17, 15) is 9.90 Å². The monoisotopic (exact) mass is 330 g/mol. The number of nitrogens with one attached hydrogen (secondary N) is 1. The summed E-state index contributed by atoms with van der Waals surface area (Å²) < 4.78 is 1.88. The Bertz CT molecular complexity index is 662. The molecule has 1 amide bonds. The summed E-state index contributed by atoms with van der Waals surface area (Å²) in [6.07, 6.45) is 7.14. The van der Waals surface area contributed by atoms with Gasteiger partial charge in [-0.2, -0.15) is 0 Å². The molecule has 1 atom stereocenters. The molecule has 0 aliphatic heterocycles. The maximum atomic E-state index is 11.8. The number of aliphatic hydroxyl groups excluding tert-OH is 1. The number of nitrogens with zero attached hydrogens (tertiary/aromatic N) is 1. The Balaban J connectivity index is 1.76. The molecule has 1 aromatic heterocycles. The number of rotatable bonds is 7. The van der Waals surface area contributed by atoms with Crippen molar-refractivity contribution in [2.24, 2.45) is 7.05 Å². The van der Waals surface area contributed by atoms with Crippen LogP contribution in [0.2, 0.25) is 0 Å². The number of carbonyl (C=O) groups excluding carboxylic acids is 1. The Kier molecular flexibility index (Phi) is 6.50. The second-order valence-corrected chi connectivity index (χ2v) is 6.13. The van der Waals surface area contributed by atoms with Crippen LogP contribution >= 0.6 is 11.8 Å². The fraction of sp³-hybridized carbons (Fsp3) is 0.278. The van der Waals surface area contributed by atoms with E-state index in [4.69, 9.17) is 0 Å². The van der Waals surface area contributed by atoms with Crippen LogP contribution in [0.1, 0.15) is 23.8 Å². The van der Waals surface area contributed by atoms with Crippen molar-refractivity contribution in [1.29, 1.82) is 0 Å². The van der Waals surface area contributed by atoms with Gasteiger partial charge in [-0.15, -0.1) is 11.8 Å². The van der Waals surface area contributed by atoms with Gasteiger partial charge in [0, 0.05) is 36.5 Å². The van der Waals surface area contributed by atoms with Crippen molar-refractivity contribution < 1.29 is 9.90 Å². The average Bonchev–Trinajstić information content (AvgIpc) is 2.99. The van der Waals surface area contributed by atoms with Gasteiger partial charge in [0.2, 0.25) is 5.91 Å². The number of aromatic nitrogens is 1. The molecule has 0 saturated heterocycles. The molecular weight excluding hydrogens is 308 g/mol. The SMILES string of the molecule is CSc1ccc(/C=C/C(=O)NCCC(O)c2cccn2C)cc1. The zero-order valence-corrected chi connectivity index (χ0v) is 14.2. The lowest BCUT2D eigenvalue weighted by Gasteiger charge is -2.12. The predicted molar refractivity (Wildman–Crippen MR) is 95.3 cm³/mol. The van der Waals surface area contributed by atoms with Crippen LogP contribution in [-0.2, 0) is 11.8 Å². The molecule has 4 nitrogen and oxygen atoms in total. The van der Waals surface area contributed by atoms with Crippen LogP contribution in [0.3, 0.4) is 0 Å². The molecule has 0 spiro atoms. The summed E-state index contributed by atoms with van der Waals surface area (Å²) in [5.74, 6) is -0.155. The molecular formula is C18H22N2O2S. The van der Waals surface area contributed by atoms with Crippen molar-refractivity contribution >= 4 is 23.7 Å². The van der Waals surface area contributed by atoms with Crippen LogP contribution in [0, 0.1) is 0 Å². The van der Waals surface area contributed by atoms with Gasteiger partial charge in [-0.1, -0.05) is 12.1 Å². The molecule has 0 bridgehead atoms. The highest BCUT2D eigenvalue weighted by Gasteiger charge is 2.10. The summed E-state index contributed by atoms with van der Waals surface area (Å²) in [6, 6.07) is 11.8. The Morgan fingerprint density at radius 1 is 1.35 bits per heavy atom. The molecule has 1 unspecified atom stereocenters. The number of hydrogen-bond acceptors (Lipinski definition) is 3. The molecule has 1 aromatic carbocycles. The maximum Gasteiger partial charge on any atom is 0.244 e. The normalized spacial score (nSPS) is 12.5. The van der Waals surface area contributed by atoms with Crippen LogP contribution in [0.5, 0.6) is 0 Å². The van der Waals surface area contributed by atoms with Crippen LogP contribution < -0.4 is 5.32 Å². The van der Waals surface area contributed by atoms with E-state index in [1.165, 1.54) is 11.0 Å². The standard InChI is InChI=1S/C18H22N2O2S/c1-20-13-3-4-16(20)17(21)11-12-19-18(22)10-7-14-5-8-15(23-2)9-6-14/h3-10,13,17,21H,11-12H2,1-2H3,(H,19,22)/b10-7+. The zero-order valence-electron chi connectivity index (χ0n) is 13.4. The summed E-state index contributed by atoms with van der Waals surface area (Å²) in [5, 5.41) is 12.9. The second-order valence-electron chi connectivity index (χ2n) is 5.25. The van der Waals surface area contributed by atoms with Gasteiger partial charge in [0.05, 0.1) is 6.10 Å². The summed E-state index contributed by atoms with van der Waals surface area (Å²) in [4.78, 5) is 13.0. The van der Waals surface area contributed by atoms with Crippen molar-refractivity contribution in [2.75, 3.05) is 12.8 Å². The third-order valence-electron chi connectivity index (χ3n) is 3.59. The molecule has 23 heavy (non-hydrogen) atoms. The van der Waals surface area contributed by atoms with E-state index in [2.05, 4.69) is 5.32 Å². The molecule has 0 aliphatic rings. The summed E-state index contributed by atoms with van der Waals surface area (Å²) in [7, 11) is 1.89. The van der Waals surface area contributed by atoms with Crippen molar-refractivity contribution in [3.63, 3.8) is 0 Å². The van der Waals surface area contributed by atoms with Crippen LogP contribution in [0.15, 0.2) is 53.6 Å². The Morgan fingerprint density at radius 3 is 2.70 bits per heavy atom. The third-order valence-corrected chi connectivity index (χ3v) is 4.33. The van der Waals surface area contributed by atoms with Gasteiger partial charge in [0.25, 0.3) is 0 Å². The van der Waals surface area contributed by atoms with Gasteiger partial charge >= 0.3 is 0 Å². The Morgan fingerprint density at radius 2 is 2.09 bits per heavy atom. The van der Waals surface area contributed by atoms with Crippen LogP contribution in [0.4, 0.5) is 0 Å². The number of hydrogen-bond donors (Lipinski definition) is 2. The summed E-state index contributed by atoms with van der Waals surface area (Å²) in [6.45, 7) is 0.431. The molecule has 2 rings (SSSR count). The topological polar surface area (TPSA) is 54.3 Å². The second kappa shape index (κ2) is 8.60. The van der Waals surface area contributed by atoms with E-state index < -0.39 is 6.10 Å². The number of amides is 1. The van der Waals surface area contributed by atoms with Gasteiger partial charge in [0.1, 0.15) is 0 Å². The Labute approximate surface area is 141 Å².